The highest BCUT2D eigenvalue weighted by Crippen LogP contribution is 2.68. The highest BCUT2D eigenvalue weighted by Gasteiger charge is 2.63. The molecule has 2 N–H and O–H groups in total. The minimum atomic E-state index is -0.244. The van der Waals surface area contributed by atoms with E-state index < -0.39 is 0 Å². The van der Waals surface area contributed by atoms with Crippen LogP contribution in [-0.2, 0) is 14.3 Å². The zero-order valence-corrected chi connectivity index (χ0v) is 27.0. The van der Waals surface area contributed by atoms with E-state index in [9.17, 15) is 14.7 Å². The summed E-state index contributed by atoms with van der Waals surface area (Å²) in [5, 5.41) is 15.0. The van der Waals surface area contributed by atoms with Gasteiger partial charge in [-0.1, -0.05) is 53.9 Å². The summed E-state index contributed by atoms with van der Waals surface area (Å²) in [6, 6.07) is 0. The summed E-state index contributed by atoms with van der Waals surface area (Å²) < 4.78 is 5.97. The maximum atomic E-state index is 12.7. The Bertz CT molecular complexity index is 915. The van der Waals surface area contributed by atoms with Gasteiger partial charge >= 0.3 is 5.97 Å². The minimum Gasteiger partial charge on any atom is -0.462 e. The molecule has 5 aliphatic carbocycles. The van der Waals surface area contributed by atoms with Gasteiger partial charge in [0.25, 0.3) is 0 Å². The van der Waals surface area contributed by atoms with E-state index in [-0.39, 0.29) is 40.8 Å². The van der Waals surface area contributed by atoms with E-state index in [1.807, 2.05) is 13.8 Å². The average Bonchev–Trinajstić information content (AvgIpc) is 3.32. The number of hydrogen-bond donors (Lipinski definition) is 2. The van der Waals surface area contributed by atoms with E-state index >= 15 is 0 Å². The molecule has 5 heteroatoms. The van der Waals surface area contributed by atoms with Crippen LogP contribution in [0.15, 0.2) is 0 Å². The first-order valence-corrected chi connectivity index (χ1v) is 17.7. The number of esters is 1. The zero-order chi connectivity index (χ0) is 29.4. The number of carbonyl (C=O) groups excluding carboxylic acids is 2. The van der Waals surface area contributed by atoms with E-state index in [0.29, 0.717) is 47.8 Å². The monoisotopic (exact) mass is 571 g/mol. The number of carbonyl (C=O) groups is 2. The summed E-state index contributed by atoms with van der Waals surface area (Å²) in [5.41, 5.74) is 0.511. The van der Waals surface area contributed by atoms with Gasteiger partial charge in [-0.05, 0) is 129 Å². The van der Waals surface area contributed by atoms with E-state index in [4.69, 9.17) is 4.74 Å². The molecule has 0 radical (unpaired) electrons. The standard InChI is InChI=1S/C36H61NO4/c1-6-23(2)34(40)41-27-16-18-35(4)26(20-27)21-31(38)33-29-14-13-28(36(29,5)19-17-30(33)35)24(3)12-15-32(39)37-22-25-10-8-7-9-11-25/h23-31,33,38H,6-22H2,1-5H3,(H,37,39)/t23?,24?,26?,27-,28?,29?,30?,31?,33?,35-,36+/m0/s1. The van der Waals surface area contributed by atoms with Gasteiger partial charge < -0.3 is 15.2 Å². The van der Waals surface area contributed by atoms with Crippen molar-refractivity contribution in [2.45, 2.75) is 150 Å². The Balaban J connectivity index is 1.17. The molecule has 0 bridgehead atoms. The molecule has 5 aliphatic rings. The molecule has 0 spiro atoms. The number of aliphatic hydroxyl groups is 1. The summed E-state index contributed by atoms with van der Waals surface area (Å²) in [5.74, 6) is 4.04. The molecule has 0 saturated heterocycles. The Morgan fingerprint density at radius 2 is 1.63 bits per heavy atom. The fourth-order valence-corrected chi connectivity index (χ4v) is 11.0. The third-order valence-electron chi connectivity index (χ3n) is 13.8. The number of rotatable bonds is 9. The molecule has 5 rings (SSSR count). The van der Waals surface area contributed by atoms with Crippen molar-refractivity contribution in [1.29, 1.82) is 0 Å². The van der Waals surface area contributed by atoms with E-state index in [2.05, 4.69) is 26.1 Å². The number of aliphatic hydroxyl groups excluding tert-OH is 1. The van der Waals surface area contributed by atoms with Crippen molar-refractivity contribution in [1.82, 2.24) is 5.32 Å². The van der Waals surface area contributed by atoms with Crippen molar-refractivity contribution in [2.75, 3.05) is 6.54 Å². The topological polar surface area (TPSA) is 75.6 Å². The second-order valence-electron chi connectivity index (χ2n) is 16.0. The van der Waals surface area contributed by atoms with Crippen LogP contribution < -0.4 is 5.32 Å². The molecule has 11 atom stereocenters. The summed E-state index contributed by atoms with van der Waals surface area (Å²) in [6.07, 6.45) is 17.6. The molecule has 1 amide bonds. The van der Waals surface area contributed by atoms with Crippen molar-refractivity contribution in [3.63, 3.8) is 0 Å². The van der Waals surface area contributed by atoms with Gasteiger partial charge in [-0.2, -0.15) is 0 Å². The molecular formula is C36H61NO4. The van der Waals surface area contributed by atoms with Crippen molar-refractivity contribution in [3.05, 3.63) is 0 Å². The van der Waals surface area contributed by atoms with Crippen LogP contribution in [0, 0.1) is 58.2 Å². The second-order valence-corrected chi connectivity index (χ2v) is 16.0. The minimum absolute atomic E-state index is 0.0174. The number of fused-ring (bicyclic) bond motifs is 5. The first kappa shape index (κ1) is 31.3. The largest absolute Gasteiger partial charge is 0.462 e. The number of ether oxygens (including phenoxy) is 1. The van der Waals surface area contributed by atoms with Crippen molar-refractivity contribution >= 4 is 11.9 Å². The first-order valence-electron chi connectivity index (χ1n) is 17.7. The lowest BCUT2D eigenvalue weighted by atomic mass is 9.43. The molecule has 8 unspecified atom stereocenters. The Morgan fingerprint density at radius 1 is 0.927 bits per heavy atom. The smallest absolute Gasteiger partial charge is 0.308 e. The molecule has 0 aromatic rings. The third kappa shape index (κ3) is 6.27. The van der Waals surface area contributed by atoms with Crippen LogP contribution >= 0.6 is 0 Å². The van der Waals surface area contributed by atoms with E-state index in [1.165, 1.54) is 57.8 Å². The van der Waals surface area contributed by atoms with Gasteiger partial charge in [0.1, 0.15) is 6.10 Å². The number of hydrogen-bond acceptors (Lipinski definition) is 4. The maximum Gasteiger partial charge on any atom is 0.308 e. The summed E-state index contributed by atoms with van der Waals surface area (Å²) in [6.45, 7) is 12.3. The normalized spacial score (nSPS) is 42.3. The van der Waals surface area contributed by atoms with Crippen LogP contribution in [0.2, 0.25) is 0 Å². The van der Waals surface area contributed by atoms with Crippen LogP contribution in [0.3, 0.4) is 0 Å². The molecule has 41 heavy (non-hydrogen) atoms. The molecule has 0 aliphatic heterocycles. The molecule has 5 nitrogen and oxygen atoms in total. The SMILES string of the molecule is CCC(C)C(=O)O[C@H]1CC[C@@]2(C)C(CC(O)C3C4CCC(C(C)CCC(=O)NCC5CCCCC5)[C@@]4(C)CCC32)C1. The van der Waals surface area contributed by atoms with E-state index in [1.54, 1.807) is 0 Å². The average molecular weight is 572 g/mol. The van der Waals surface area contributed by atoms with Gasteiger partial charge in [-0.15, -0.1) is 0 Å². The molecule has 0 aromatic carbocycles. The van der Waals surface area contributed by atoms with Crippen molar-refractivity contribution in [2.24, 2.45) is 58.2 Å². The summed E-state index contributed by atoms with van der Waals surface area (Å²) >= 11 is 0. The molecule has 0 aromatic heterocycles. The van der Waals surface area contributed by atoms with Crippen LogP contribution in [0.5, 0.6) is 0 Å². The van der Waals surface area contributed by atoms with Gasteiger partial charge in [-0.3, -0.25) is 9.59 Å². The molecule has 234 valence electrons. The number of amides is 1. The number of nitrogens with one attached hydrogen (secondary N) is 1. The van der Waals surface area contributed by atoms with Crippen molar-refractivity contribution in [3.8, 4) is 0 Å². The summed E-state index contributed by atoms with van der Waals surface area (Å²) in [7, 11) is 0. The van der Waals surface area contributed by atoms with Gasteiger partial charge in [-0.25, -0.2) is 0 Å². The Labute approximate surface area is 250 Å². The fourth-order valence-electron chi connectivity index (χ4n) is 11.0. The van der Waals surface area contributed by atoms with Crippen molar-refractivity contribution < 1.29 is 19.4 Å². The van der Waals surface area contributed by atoms with Gasteiger partial charge in [0.15, 0.2) is 0 Å². The first-order chi connectivity index (χ1) is 19.6. The predicted octanol–water partition coefficient (Wildman–Crippen LogP) is 7.69. The Hall–Kier alpha value is -1.10. The Morgan fingerprint density at radius 3 is 2.37 bits per heavy atom. The lowest BCUT2D eigenvalue weighted by Crippen LogP contribution is -2.58. The van der Waals surface area contributed by atoms with Crippen LogP contribution in [-0.4, -0.2) is 35.7 Å². The molecule has 5 fully saturated rings. The predicted molar refractivity (Wildman–Crippen MR) is 164 cm³/mol. The third-order valence-corrected chi connectivity index (χ3v) is 13.8. The quantitative estimate of drug-likeness (QED) is 0.278. The zero-order valence-electron chi connectivity index (χ0n) is 27.0. The van der Waals surface area contributed by atoms with E-state index in [0.717, 1.165) is 45.1 Å². The van der Waals surface area contributed by atoms with Crippen LogP contribution in [0.4, 0.5) is 0 Å². The molecule has 5 saturated carbocycles. The summed E-state index contributed by atoms with van der Waals surface area (Å²) in [4.78, 5) is 25.2. The van der Waals surface area contributed by atoms with Gasteiger partial charge in [0.05, 0.1) is 12.0 Å². The lowest BCUT2D eigenvalue weighted by Gasteiger charge is -2.62. The Kier molecular flexibility index (Phi) is 9.83. The highest BCUT2D eigenvalue weighted by atomic mass is 16.5. The van der Waals surface area contributed by atoms with Crippen LogP contribution in [0.1, 0.15) is 137 Å². The molecule has 0 heterocycles. The molecular weight excluding hydrogens is 510 g/mol. The van der Waals surface area contributed by atoms with Gasteiger partial charge in [0, 0.05) is 13.0 Å². The lowest BCUT2D eigenvalue weighted by molar-refractivity contribution is -0.184. The second kappa shape index (κ2) is 12.9. The fraction of sp³-hybridized carbons (Fsp3) is 0.944. The highest BCUT2D eigenvalue weighted by molar-refractivity contribution is 5.75. The maximum absolute atomic E-state index is 12.7. The van der Waals surface area contributed by atoms with Crippen LogP contribution in [0.25, 0.3) is 0 Å². The van der Waals surface area contributed by atoms with Gasteiger partial charge in [0.2, 0.25) is 5.91 Å².